The molecular weight excluding hydrogens is 448 g/mol. The Morgan fingerprint density at radius 3 is 2.50 bits per heavy atom. The van der Waals surface area contributed by atoms with Crippen LogP contribution in [0.15, 0.2) is 60.8 Å². The van der Waals surface area contributed by atoms with Gasteiger partial charge in [-0.1, -0.05) is 23.7 Å². The zero-order valence-electron chi connectivity index (χ0n) is 19.3. The highest BCUT2D eigenvalue weighted by Crippen LogP contribution is 2.32. The van der Waals surface area contributed by atoms with E-state index < -0.39 is 0 Å². The molecule has 0 bridgehead atoms. The van der Waals surface area contributed by atoms with Crippen LogP contribution < -0.4 is 4.90 Å². The summed E-state index contributed by atoms with van der Waals surface area (Å²) in [6.07, 6.45) is 1.81. The standard InChI is InChI=1S/C27H27ClN4O2/c1-18-15-21(9-10-29-18)19-3-5-20(6-4-19)27(33)32-13-11-31(12-14-32)26-24(17-34-2)23-16-22(28)7-8-25(23)30-26/h3-10,15-16,30H,11-14,17H2,1-2H3. The number of methoxy groups -OCH3 is 1. The minimum atomic E-state index is 0.0673. The number of H-pyrrole nitrogens is 1. The largest absolute Gasteiger partial charge is 0.380 e. The molecule has 2 aromatic heterocycles. The molecule has 174 valence electrons. The van der Waals surface area contributed by atoms with Crippen molar-refractivity contribution in [3.05, 3.63) is 82.6 Å². The SMILES string of the molecule is COCc1c(N2CCN(C(=O)c3ccc(-c4ccnc(C)c4)cc3)CC2)[nH]c2ccc(Cl)cc12. The summed E-state index contributed by atoms with van der Waals surface area (Å²) in [6.45, 7) is 5.29. The van der Waals surface area contributed by atoms with Gasteiger partial charge in [0.15, 0.2) is 0 Å². The maximum atomic E-state index is 13.1. The molecule has 1 amide bonds. The van der Waals surface area contributed by atoms with Crippen molar-refractivity contribution in [2.75, 3.05) is 38.2 Å². The molecule has 34 heavy (non-hydrogen) atoms. The van der Waals surface area contributed by atoms with E-state index in [0.29, 0.717) is 30.3 Å². The zero-order chi connectivity index (χ0) is 23.7. The maximum Gasteiger partial charge on any atom is 0.253 e. The lowest BCUT2D eigenvalue weighted by atomic mass is 10.0. The fourth-order valence-electron chi connectivity index (χ4n) is 4.61. The Labute approximate surface area is 204 Å². The third-order valence-electron chi connectivity index (χ3n) is 6.38. The van der Waals surface area contributed by atoms with Crippen LogP contribution in [0.5, 0.6) is 0 Å². The van der Waals surface area contributed by atoms with E-state index in [4.69, 9.17) is 16.3 Å². The van der Waals surface area contributed by atoms with E-state index in [1.165, 1.54) is 0 Å². The molecule has 1 fully saturated rings. The molecule has 5 rings (SSSR count). The highest BCUT2D eigenvalue weighted by atomic mass is 35.5. The fraction of sp³-hybridized carbons (Fsp3) is 0.259. The summed E-state index contributed by atoms with van der Waals surface area (Å²) >= 11 is 6.23. The Morgan fingerprint density at radius 1 is 1.03 bits per heavy atom. The second kappa shape index (κ2) is 9.49. The van der Waals surface area contributed by atoms with Gasteiger partial charge in [0.1, 0.15) is 5.82 Å². The predicted molar refractivity (Wildman–Crippen MR) is 137 cm³/mol. The van der Waals surface area contributed by atoms with Gasteiger partial charge in [-0.05, 0) is 60.5 Å². The van der Waals surface area contributed by atoms with Crippen LogP contribution in [-0.2, 0) is 11.3 Å². The van der Waals surface area contributed by atoms with Gasteiger partial charge in [0.05, 0.1) is 6.61 Å². The summed E-state index contributed by atoms with van der Waals surface area (Å²) in [6, 6.07) is 17.7. The molecule has 0 unspecified atom stereocenters. The number of aromatic nitrogens is 2. The number of piperazine rings is 1. The summed E-state index contributed by atoms with van der Waals surface area (Å²) in [4.78, 5) is 25.1. The van der Waals surface area contributed by atoms with Gasteiger partial charge < -0.3 is 19.5 Å². The normalized spacial score (nSPS) is 14.1. The number of benzene rings is 2. The first-order valence-electron chi connectivity index (χ1n) is 11.4. The van der Waals surface area contributed by atoms with Crippen LogP contribution in [0.25, 0.3) is 22.0 Å². The van der Waals surface area contributed by atoms with Crippen molar-refractivity contribution in [3.63, 3.8) is 0 Å². The lowest BCUT2D eigenvalue weighted by Gasteiger charge is -2.36. The third kappa shape index (κ3) is 4.39. The van der Waals surface area contributed by atoms with Gasteiger partial charge in [-0.15, -0.1) is 0 Å². The van der Waals surface area contributed by atoms with Gasteiger partial charge in [0.25, 0.3) is 5.91 Å². The quantitative estimate of drug-likeness (QED) is 0.426. The van der Waals surface area contributed by atoms with Crippen LogP contribution in [0.2, 0.25) is 5.02 Å². The molecule has 0 saturated carbocycles. The number of pyridine rings is 1. The molecule has 3 heterocycles. The smallest absolute Gasteiger partial charge is 0.253 e. The summed E-state index contributed by atoms with van der Waals surface area (Å²) in [5, 5.41) is 1.78. The molecule has 4 aromatic rings. The van der Waals surface area contributed by atoms with Gasteiger partial charge in [-0.25, -0.2) is 0 Å². The lowest BCUT2D eigenvalue weighted by molar-refractivity contribution is 0.0746. The Kier molecular flexibility index (Phi) is 6.26. The number of fused-ring (bicyclic) bond motifs is 1. The molecule has 7 heteroatoms. The first-order valence-corrected chi connectivity index (χ1v) is 11.8. The first-order chi connectivity index (χ1) is 16.5. The van der Waals surface area contributed by atoms with E-state index in [-0.39, 0.29) is 5.91 Å². The van der Waals surface area contributed by atoms with E-state index in [9.17, 15) is 4.79 Å². The molecule has 1 aliphatic rings. The van der Waals surface area contributed by atoms with Crippen molar-refractivity contribution >= 4 is 34.2 Å². The molecule has 0 radical (unpaired) electrons. The number of amides is 1. The van der Waals surface area contributed by atoms with Crippen LogP contribution in [0, 0.1) is 6.92 Å². The maximum absolute atomic E-state index is 13.1. The van der Waals surface area contributed by atoms with Crippen LogP contribution >= 0.6 is 11.6 Å². The van der Waals surface area contributed by atoms with Gasteiger partial charge in [-0.3, -0.25) is 9.78 Å². The summed E-state index contributed by atoms with van der Waals surface area (Å²) in [5.41, 5.74) is 6.00. The number of aromatic amines is 1. The second-order valence-corrected chi connectivity index (χ2v) is 9.05. The molecule has 6 nitrogen and oxygen atoms in total. The number of hydrogen-bond donors (Lipinski definition) is 1. The number of rotatable bonds is 5. The third-order valence-corrected chi connectivity index (χ3v) is 6.61. The van der Waals surface area contributed by atoms with Gasteiger partial charge in [-0.2, -0.15) is 0 Å². The van der Waals surface area contributed by atoms with E-state index in [1.807, 2.05) is 72.6 Å². The molecule has 2 aromatic carbocycles. The minimum absolute atomic E-state index is 0.0673. The highest BCUT2D eigenvalue weighted by molar-refractivity contribution is 6.31. The van der Waals surface area contributed by atoms with E-state index in [0.717, 1.165) is 52.2 Å². The zero-order valence-corrected chi connectivity index (χ0v) is 20.1. The Balaban J connectivity index is 1.29. The van der Waals surface area contributed by atoms with Gasteiger partial charge >= 0.3 is 0 Å². The topological polar surface area (TPSA) is 61.5 Å². The van der Waals surface area contributed by atoms with Crippen LogP contribution in [0.1, 0.15) is 21.6 Å². The number of hydrogen-bond acceptors (Lipinski definition) is 4. The average Bonchev–Trinajstić information content (AvgIpc) is 3.21. The van der Waals surface area contributed by atoms with Crippen molar-refractivity contribution in [1.82, 2.24) is 14.9 Å². The molecule has 1 saturated heterocycles. The summed E-state index contributed by atoms with van der Waals surface area (Å²) in [7, 11) is 1.70. The number of carbonyl (C=O) groups is 1. The van der Waals surface area contributed by atoms with Crippen LogP contribution in [0.4, 0.5) is 5.82 Å². The van der Waals surface area contributed by atoms with Crippen LogP contribution in [-0.4, -0.2) is 54.1 Å². The molecule has 1 aliphatic heterocycles. The number of anilines is 1. The summed E-state index contributed by atoms with van der Waals surface area (Å²) in [5.74, 6) is 1.11. The summed E-state index contributed by atoms with van der Waals surface area (Å²) < 4.78 is 5.47. The first kappa shape index (κ1) is 22.4. The monoisotopic (exact) mass is 474 g/mol. The van der Waals surface area contributed by atoms with Gasteiger partial charge in [0.2, 0.25) is 0 Å². The van der Waals surface area contributed by atoms with Crippen molar-refractivity contribution in [1.29, 1.82) is 0 Å². The second-order valence-electron chi connectivity index (χ2n) is 8.62. The Morgan fingerprint density at radius 2 is 1.79 bits per heavy atom. The van der Waals surface area contributed by atoms with Gasteiger partial charge in [0, 0.05) is 72.2 Å². The number of ether oxygens (including phenoxy) is 1. The predicted octanol–water partition coefficient (Wildman–Crippen LogP) is 5.30. The molecule has 0 atom stereocenters. The number of carbonyl (C=O) groups excluding carboxylic acids is 1. The number of halogens is 1. The Hall–Kier alpha value is -3.35. The van der Waals surface area contributed by atoms with Crippen molar-refractivity contribution in [2.45, 2.75) is 13.5 Å². The fourth-order valence-corrected chi connectivity index (χ4v) is 4.78. The van der Waals surface area contributed by atoms with Crippen molar-refractivity contribution < 1.29 is 9.53 Å². The average molecular weight is 475 g/mol. The highest BCUT2D eigenvalue weighted by Gasteiger charge is 2.25. The number of nitrogens with one attached hydrogen (secondary N) is 1. The van der Waals surface area contributed by atoms with Crippen LogP contribution in [0.3, 0.4) is 0 Å². The molecule has 0 spiro atoms. The van der Waals surface area contributed by atoms with Crippen molar-refractivity contribution in [3.8, 4) is 11.1 Å². The van der Waals surface area contributed by atoms with Crippen molar-refractivity contribution in [2.24, 2.45) is 0 Å². The number of nitrogens with zero attached hydrogens (tertiary/aromatic N) is 3. The van der Waals surface area contributed by atoms with E-state index in [1.54, 1.807) is 7.11 Å². The Bertz CT molecular complexity index is 1320. The molecule has 1 N–H and O–H groups in total. The molecule has 0 aliphatic carbocycles. The van der Waals surface area contributed by atoms with E-state index >= 15 is 0 Å². The lowest BCUT2D eigenvalue weighted by Crippen LogP contribution is -2.49. The minimum Gasteiger partial charge on any atom is -0.380 e. The molecular formula is C27H27ClN4O2. The van der Waals surface area contributed by atoms with E-state index in [2.05, 4.69) is 14.9 Å². The number of aryl methyl sites for hydroxylation is 1.